The van der Waals surface area contributed by atoms with Gasteiger partial charge in [0.25, 0.3) is 10.1 Å². The van der Waals surface area contributed by atoms with Crippen molar-refractivity contribution in [2.24, 2.45) is 0 Å². The van der Waals surface area contributed by atoms with Gasteiger partial charge in [0, 0.05) is 0 Å². The van der Waals surface area contributed by atoms with Crippen LogP contribution in [-0.4, -0.2) is 28.6 Å². The van der Waals surface area contributed by atoms with E-state index in [0.717, 1.165) is 0 Å². The predicted molar refractivity (Wildman–Crippen MR) is 60.2 cm³/mol. The zero-order valence-electron chi connectivity index (χ0n) is 6.34. The minimum Gasteiger partial charge on any atom is -0.284 e. The summed E-state index contributed by atoms with van der Waals surface area (Å²) >= 11 is 11.7. The third kappa shape index (κ3) is 3.37. The second-order valence-electron chi connectivity index (χ2n) is 2.37. The standard InChI is InChI=1S/C5H12O3S4/c6-12(7,8)5(11,1-3-9)2-4-10/h9-11H,1-4H2,(H,6,7,8). The Hall–Kier alpha value is 0.960. The summed E-state index contributed by atoms with van der Waals surface area (Å²) in [5.41, 5.74) is 0. The van der Waals surface area contributed by atoms with Crippen LogP contribution in [0.1, 0.15) is 12.8 Å². The molecule has 0 aromatic rings. The summed E-state index contributed by atoms with van der Waals surface area (Å²) in [7, 11) is -4.12. The van der Waals surface area contributed by atoms with Gasteiger partial charge in [0.1, 0.15) is 4.08 Å². The smallest absolute Gasteiger partial charge is 0.279 e. The lowest BCUT2D eigenvalue weighted by atomic mass is 10.2. The lowest BCUT2D eigenvalue weighted by Crippen LogP contribution is -2.33. The van der Waals surface area contributed by atoms with Crippen LogP contribution in [-0.2, 0) is 10.1 Å². The van der Waals surface area contributed by atoms with Gasteiger partial charge < -0.3 is 0 Å². The van der Waals surface area contributed by atoms with Crippen LogP contribution in [0.3, 0.4) is 0 Å². The zero-order chi connectivity index (χ0) is 9.83. The summed E-state index contributed by atoms with van der Waals surface area (Å²) in [6, 6.07) is 0. The fraction of sp³-hybridized carbons (Fsp3) is 1.00. The van der Waals surface area contributed by atoms with Crippen molar-refractivity contribution < 1.29 is 13.0 Å². The molecule has 0 heterocycles. The molecule has 0 saturated carbocycles. The fourth-order valence-electron chi connectivity index (χ4n) is 0.732. The molecule has 0 saturated heterocycles. The average molecular weight is 248 g/mol. The lowest BCUT2D eigenvalue weighted by molar-refractivity contribution is 0.455. The minimum atomic E-state index is -4.12. The average Bonchev–Trinajstić information content (AvgIpc) is 1.86. The highest BCUT2D eigenvalue weighted by Crippen LogP contribution is 2.30. The van der Waals surface area contributed by atoms with Gasteiger partial charge in [-0.2, -0.15) is 46.3 Å². The van der Waals surface area contributed by atoms with Gasteiger partial charge in [0.05, 0.1) is 0 Å². The van der Waals surface area contributed by atoms with Crippen molar-refractivity contribution >= 4 is 48.0 Å². The van der Waals surface area contributed by atoms with Gasteiger partial charge in [0.15, 0.2) is 0 Å². The van der Waals surface area contributed by atoms with Gasteiger partial charge >= 0.3 is 0 Å². The Morgan fingerprint density at radius 3 is 1.67 bits per heavy atom. The second kappa shape index (κ2) is 4.99. The number of hydrogen-bond acceptors (Lipinski definition) is 5. The molecule has 0 aliphatic carbocycles. The van der Waals surface area contributed by atoms with E-state index in [1.165, 1.54) is 0 Å². The van der Waals surface area contributed by atoms with Crippen molar-refractivity contribution in [3.05, 3.63) is 0 Å². The van der Waals surface area contributed by atoms with Crippen molar-refractivity contribution in [2.45, 2.75) is 16.9 Å². The van der Waals surface area contributed by atoms with E-state index in [9.17, 15) is 8.42 Å². The van der Waals surface area contributed by atoms with E-state index in [0.29, 0.717) is 11.5 Å². The summed E-state index contributed by atoms with van der Waals surface area (Å²) in [5, 5.41) is 0. The molecule has 0 aliphatic rings. The van der Waals surface area contributed by atoms with E-state index in [1.54, 1.807) is 0 Å². The molecule has 0 rings (SSSR count). The molecule has 0 unspecified atom stereocenters. The number of hydrogen-bond donors (Lipinski definition) is 4. The summed E-state index contributed by atoms with van der Waals surface area (Å²) < 4.78 is 29.1. The van der Waals surface area contributed by atoms with Gasteiger partial charge in [0.2, 0.25) is 0 Å². The van der Waals surface area contributed by atoms with Crippen LogP contribution < -0.4 is 0 Å². The Labute approximate surface area is 89.3 Å². The molecule has 0 radical (unpaired) electrons. The molecule has 0 amide bonds. The molecule has 1 N–H and O–H groups in total. The van der Waals surface area contributed by atoms with Gasteiger partial charge in [-0.3, -0.25) is 4.55 Å². The molecular formula is C5H12O3S4. The SMILES string of the molecule is O=S(=O)(O)C(S)(CCS)CCS. The monoisotopic (exact) mass is 248 g/mol. The quantitative estimate of drug-likeness (QED) is 0.436. The first-order chi connectivity index (χ1) is 5.37. The maximum atomic E-state index is 10.8. The third-order valence-electron chi connectivity index (χ3n) is 1.49. The van der Waals surface area contributed by atoms with Crippen LogP contribution >= 0.6 is 37.9 Å². The summed E-state index contributed by atoms with van der Waals surface area (Å²) in [6.07, 6.45) is 0.414. The first-order valence-electron chi connectivity index (χ1n) is 3.28. The van der Waals surface area contributed by atoms with E-state index in [2.05, 4.69) is 37.9 Å². The number of rotatable bonds is 5. The van der Waals surface area contributed by atoms with Crippen LogP contribution in [0.2, 0.25) is 0 Å². The van der Waals surface area contributed by atoms with Crippen molar-refractivity contribution in [3.8, 4) is 0 Å². The van der Waals surface area contributed by atoms with Crippen molar-refractivity contribution in [3.63, 3.8) is 0 Å². The van der Waals surface area contributed by atoms with E-state index < -0.39 is 14.2 Å². The minimum absolute atomic E-state index is 0.207. The molecule has 0 atom stereocenters. The van der Waals surface area contributed by atoms with Gasteiger partial charge in [-0.25, -0.2) is 0 Å². The van der Waals surface area contributed by atoms with Crippen LogP contribution in [0.4, 0.5) is 0 Å². The Bertz CT molecular complexity index is 217. The highest BCUT2D eigenvalue weighted by Gasteiger charge is 2.37. The predicted octanol–water partition coefficient (Wildman–Crippen LogP) is 1.14. The lowest BCUT2D eigenvalue weighted by Gasteiger charge is -2.23. The molecule has 74 valence electrons. The first-order valence-corrected chi connectivity index (χ1v) is 6.44. The molecule has 3 nitrogen and oxygen atoms in total. The fourth-order valence-corrected chi connectivity index (χ4v) is 3.09. The Morgan fingerprint density at radius 1 is 1.17 bits per heavy atom. The maximum absolute atomic E-state index is 10.8. The zero-order valence-corrected chi connectivity index (χ0v) is 9.84. The maximum Gasteiger partial charge on any atom is 0.279 e. The van der Waals surface area contributed by atoms with E-state index in [-0.39, 0.29) is 12.8 Å². The Morgan fingerprint density at radius 2 is 1.50 bits per heavy atom. The van der Waals surface area contributed by atoms with Crippen molar-refractivity contribution in [2.75, 3.05) is 11.5 Å². The van der Waals surface area contributed by atoms with E-state index in [4.69, 9.17) is 4.55 Å². The topological polar surface area (TPSA) is 54.4 Å². The summed E-state index contributed by atoms with van der Waals surface area (Å²) in [4.78, 5) is 0. The molecule has 7 heteroatoms. The molecule has 0 aliphatic heterocycles. The van der Waals surface area contributed by atoms with Crippen molar-refractivity contribution in [1.82, 2.24) is 0 Å². The van der Waals surface area contributed by atoms with Crippen LogP contribution in [0.15, 0.2) is 0 Å². The molecule has 0 aromatic carbocycles. The molecule has 0 spiro atoms. The largest absolute Gasteiger partial charge is 0.284 e. The van der Waals surface area contributed by atoms with E-state index >= 15 is 0 Å². The van der Waals surface area contributed by atoms with Gasteiger partial charge in [-0.1, -0.05) is 0 Å². The second-order valence-corrected chi connectivity index (χ2v) is 6.15. The number of thiol groups is 3. The van der Waals surface area contributed by atoms with Crippen LogP contribution in [0.25, 0.3) is 0 Å². The Kier molecular flexibility index (Phi) is 5.39. The Balaban J connectivity index is 4.62. The molecule has 0 bridgehead atoms. The third-order valence-corrected chi connectivity index (χ3v) is 4.44. The van der Waals surface area contributed by atoms with Gasteiger partial charge in [-0.15, -0.1) is 0 Å². The molecule has 0 fully saturated rings. The summed E-state index contributed by atoms with van der Waals surface area (Å²) in [5.74, 6) is 0.716. The highest BCUT2D eigenvalue weighted by atomic mass is 32.3. The first kappa shape index (κ1) is 13.0. The van der Waals surface area contributed by atoms with Crippen LogP contribution in [0, 0.1) is 0 Å². The molecule has 12 heavy (non-hydrogen) atoms. The van der Waals surface area contributed by atoms with Gasteiger partial charge in [-0.05, 0) is 24.3 Å². The van der Waals surface area contributed by atoms with Crippen molar-refractivity contribution in [1.29, 1.82) is 0 Å². The van der Waals surface area contributed by atoms with E-state index in [1.807, 2.05) is 0 Å². The molecule has 0 aromatic heterocycles. The molecular weight excluding hydrogens is 236 g/mol. The van der Waals surface area contributed by atoms with Crippen LogP contribution in [0.5, 0.6) is 0 Å². The normalized spacial score (nSPS) is 13.3. The summed E-state index contributed by atoms with van der Waals surface area (Å²) in [6.45, 7) is 0. The highest BCUT2D eigenvalue weighted by molar-refractivity contribution is 8.03.